The van der Waals surface area contributed by atoms with Crippen molar-refractivity contribution in [3.63, 3.8) is 0 Å². The van der Waals surface area contributed by atoms with E-state index in [4.69, 9.17) is 0 Å². The molecule has 1 aromatic carbocycles. The highest BCUT2D eigenvalue weighted by Gasteiger charge is 2.28. The van der Waals surface area contributed by atoms with E-state index in [0.717, 1.165) is 42.5 Å². The van der Waals surface area contributed by atoms with Crippen molar-refractivity contribution in [2.45, 2.75) is 13.0 Å². The summed E-state index contributed by atoms with van der Waals surface area (Å²) in [7, 11) is 3.70. The molecule has 7 nitrogen and oxygen atoms in total. The van der Waals surface area contributed by atoms with Crippen molar-refractivity contribution >= 4 is 27.7 Å². The standard InChI is InChI=1S/C19H23N5O2/c1-13(18(25)23-10-8-21(2)9-11-23)24-16-7-5-4-6-14(16)15-12-20-22(3)19(26)17(15)24/h4-7,12-13H,8-11H2,1-3H3/t13-/m0/s1. The van der Waals surface area contributed by atoms with Gasteiger partial charge in [-0.25, -0.2) is 4.68 Å². The van der Waals surface area contributed by atoms with Gasteiger partial charge in [0.15, 0.2) is 0 Å². The Bertz CT molecular complexity index is 1040. The van der Waals surface area contributed by atoms with Gasteiger partial charge in [0.2, 0.25) is 5.91 Å². The molecule has 1 fully saturated rings. The Morgan fingerprint density at radius 1 is 1.08 bits per heavy atom. The monoisotopic (exact) mass is 353 g/mol. The summed E-state index contributed by atoms with van der Waals surface area (Å²) in [5.74, 6) is 0.0552. The number of nitrogens with zero attached hydrogens (tertiary/aromatic N) is 5. The molecule has 0 aliphatic carbocycles. The van der Waals surface area contributed by atoms with E-state index in [1.165, 1.54) is 4.68 Å². The van der Waals surface area contributed by atoms with Crippen LogP contribution in [0.25, 0.3) is 21.8 Å². The number of carbonyl (C=O) groups excluding carboxylic acids is 1. The van der Waals surface area contributed by atoms with Crippen molar-refractivity contribution in [2.75, 3.05) is 33.2 Å². The van der Waals surface area contributed by atoms with Gasteiger partial charge in [0.1, 0.15) is 11.6 Å². The fourth-order valence-corrected chi connectivity index (χ4v) is 3.79. The molecule has 1 saturated heterocycles. The molecule has 1 aliphatic rings. The third kappa shape index (κ3) is 2.50. The SMILES string of the molecule is C[C@@H](C(=O)N1CCN(C)CC1)n1c2ccccc2c2cnn(C)c(=O)c21. The van der Waals surface area contributed by atoms with Gasteiger partial charge in [-0.05, 0) is 20.0 Å². The number of para-hydroxylation sites is 1. The molecule has 0 saturated carbocycles. The molecule has 136 valence electrons. The quantitative estimate of drug-likeness (QED) is 0.695. The van der Waals surface area contributed by atoms with E-state index < -0.39 is 6.04 Å². The lowest BCUT2D eigenvalue weighted by Crippen LogP contribution is -2.49. The highest BCUT2D eigenvalue weighted by Crippen LogP contribution is 2.30. The summed E-state index contributed by atoms with van der Waals surface area (Å²) < 4.78 is 3.21. The molecular formula is C19H23N5O2. The minimum Gasteiger partial charge on any atom is -0.338 e. The molecule has 1 atom stereocenters. The summed E-state index contributed by atoms with van der Waals surface area (Å²) in [6.07, 6.45) is 1.71. The summed E-state index contributed by atoms with van der Waals surface area (Å²) in [4.78, 5) is 30.1. The number of likely N-dealkylation sites (N-methyl/N-ethyl adjacent to an activating group) is 1. The number of aryl methyl sites for hydroxylation is 1. The number of benzene rings is 1. The molecule has 0 N–H and O–H groups in total. The first kappa shape index (κ1) is 16.8. The minimum atomic E-state index is -0.448. The molecule has 26 heavy (non-hydrogen) atoms. The van der Waals surface area contributed by atoms with Gasteiger partial charge in [-0.15, -0.1) is 0 Å². The third-order valence-electron chi connectivity index (χ3n) is 5.37. The molecule has 1 aliphatic heterocycles. The van der Waals surface area contributed by atoms with Crippen LogP contribution >= 0.6 is 0 Å². The Morgan fingerprint density at radius 3 is 2.50 bits per heavy atom. The van der Waals surface area contributed by atoms with E-state index in [9.17, 15) is 9.59 Å². The van der Waals surface area contributed by atoms with E-state index in [0.29, 0.717) is 5.52 Å². The topological polar surface area (TPSA) is 63.4 Å². The number of rotatable bonds is 2. The number of fused-ring (bicyclic) bond motifs is 3. The Hall–Kier alpha value is -2.67. The summed E-state index contributed by atoms with van der Waals surface area (Å²) in [6.45, 7) is 5.06. The second-order valence-corrected chi connectivity index (χ2v) is 7.03. The fraction of sp³-hybridized carbons (Fsp3) is 0.421. The molecule has 7 heteroatoms. The lowest BCUT2D eigenvalue weighted by atomic mass is 10.2. The fourth-order valence-electron chi connectivity index (χ4n) is 3.79. The van der Waals surface area contributed by atoms with Gasteiger partial charge in [-0.2, -0.15) is 5.10 Å². The van der Waals surface area contributed by atoms with Crippen molar-refractivity contribution in [1.29, 1.82) is 0 Å². The van der Waals surface area contributed by atoms with Gasteiger partial charge in [0, 0.05) is 44.0 Å². The molecule has 0 radical (unpaired) electrons. The normalized spacial score (nSPS) is 17.1. The van der Waals surface area contributed by atoms with Gasteiger partial charge in [-0.1, -0.05) is 18.2 Å². The highest BCUT2D eigenvalue weighted by atomic mass is 16.2. The van der Waals surface area contributed by atoms with Crippen molar-refractivity contribution < 1.29 is 4.79 Å². The van der Waals surface area contributed by atoms with Crippen molar-refractivity contribution in [2.24, 2.45) is 7.05 Å². The van der Waals surface area contributed by atoms with E-state index in [1.54, 1.807) is 13.2 Å². The zero-order valence-corrected chi connectivity index (χ0v) is 15.3. The number of hydrogen-bond donors (Lipinski definition) is 0. The van der Waals surface area contributed by atoms with Crippen LogP contribution in [0.2, 0.25) is 0 Å². The van der Waals surface area contributed by atoms with Crippen LogP contribution in [-0.4, -0.2) is 63.3 Å². The first-order valence-corrected chi connectivity index (χ1v) is 8.91. The van der Waals surface area contributed by atoms with E-state index in [1.807, 2.05) is 40.7 Å². The highest BCUT2D eigenvalue weighted by molar-refractivity contribution is 6.08. The number of carbonyl (C=O) groups is 1. The van der Waals surface area contributed by atoms with Crippen LogP contribution in [0.5, 0.6) is 0 Å². The predicted molar refractivity (Wildman–Crippen MR) is 101 cm³/mol. The Balaban J connectivity index is 1.88. The Kier molecular flexibility index (Phi) is 4.03. The van der Waals surface area contributed by atoms with E-state index >= 15 is 0 Å². The summed E-state index contributed by atoms with van der Waals surface area (Å²) in [5.41, 5.74) is 1.25. The number of amides is 1. The Morgan fingerprint density at radius 2 is 1.77 bits per heavy atom. The van der Waals surface area contributed by atoms with Crippen LogP contribution in [0.15, 0.2) is 35.3 Å². The van der Waals surface area contributed by atoms with Gasteiger partial charge in [0.25, 0.3) is 5.56 Å². The summed E-state index contributed by atoms with van der Waals surface area (Å²) in [5, 5.41) is 5.91. The number of piperazine rings is 1. The van der Waals surface area contributed by atoms with Crippen molar-refractivity contribution in [3.05, 3.63) is 40.8 Å². The maximum Gasteiger partial charge on any atom is 0.291 e. The predicted octanol–water partition coefficient (Wildman–Crippen LogP) is 1.22. The molecule has 0 spiro atoms. The average molecular weight is 353 g/mol. The number of aromatic nitrogens is 3. The molecular weight excluding hydrogens is 330 g/mol. The second kappa shape index (κ2) is 6.25. The van der Waals surface area contributed by atoms with Crippen LogP contribution in [0, 0.1) is 0 Å². The lowest BCUT2D eigenvalue weighted by Gasteiger charge is -2.34. The van der Waals surface area contributed by atoms with Crippen LogP contribution in [0.1, 0.15) is 13.0 Å². The summed E-state index contributed by atoms with van der Waals surface area (Å²) >= 11 is 0. The van der Waals surface area contributed by atoms with Crippen molar-refractivity contribution in [1.82, 2.24) is 24.1 Å². The largest absolute Gasteiger partial charge is 0.338 e. The minimum absolute atomic E-state index is 0.0552. The molecule has 3 aromatic rings. The van der Waals surface area contributed by atoms with Crippen LogP contribution in [-0.2, 0) is 11.8 Å². The summed E-state index contributed by atoms with van der Waals surface area (Å²) in [6, 6.07) is 7.36. The van der Waals surface area contributed by atoms with Gasteiger partial charge in [0.05, 0.1) is 11.7 Å². The van der Waals surface area contributed by atoms with Gasteiger partial charge >= 0.3 is 0 Å². The van der Waals surface area contributed by atoms with Crippen LogP contribution in [0.3, 0.4) is 0 Å². The maximum atomic E-state index is 13.1. The van der Waals surface area contributed by atoms with Crippen molar-refractivity contribution in [3.8, 4) is 0 Å². The molecule has 1 amide bonds. The molecule has 0 bridgehead atoms. The van der Waals surface area contributed by atoms with Gasteiger partial charge < -0.3 is 14.4 Å². The zero-order valence-electron chi connectivity index (χ0n) is 15.3. The smallest absolute Gasteiger partial charge is 0.291 e. The third-order valence-corrected chi connectivity index (χ3v) is 5.37. The van der Waals surface area contributed by atoms with Crippen LogP contribution in [0.4, 0.5) is 0 Å². The first-order valence-electron chi connectivity index (χ1n) is 8.91. The lowest BCUT2D eigenvalue weighted by molar-refractivity contribution is -0.135. The van der Waals surface area contributed by atoms with E-state index in [-0.39, 0.29) is 11.5 Å². The Labute approximate surface area is 151 Å². The first-order chi connectivity index (χ1) is 12.5. The zero-order chi connectivity index (χ0) is 18.4. The molecule has 4 rings (SSSR count). The van der Waals surface area contributed by atoms with Gasteiger partial charge in [-0.3, -0.25) is 9.59 Å². The second-order valence-electron chi connectivity index (χ2n) is 7.03. The average Bonchev–Trinajstić information content (AvgIpc) is 2.99. The maximum absolute atomic E-state index is 13.1. The molecule has 2 aromatic heterocycles. The molecule has 3 heterocycles. The number of hydrogen-bond acceptors (Lipinski definition) is 4. The van der Waals surface area contributed by atoms with Crippen LogP contribution < -0.4 is 5.56 Å². The van der Waals surface area contributed by atoms with E-state index in [2.05, 4.69) is 17.0 Å². The molecule has 0 unspecified atom stereocenters.